The molecule has 2 aliphatic rings. The number of nitrogens with one attached hydrogen (secondary N) is 1. The Morgan fingerprint density at radius 3 is 2.00 bits per heavy atom. The van der Waals surface area contributed by atoms with Gasteiger partial charge < -0.3 is 14.6 Å². The Labute approximate surface area is 93.0 Å². The molecule has 86 valence electrons. The summed E-state index contributed by atoms with van der Waals surface area (Å²) in [5.74, 6) is 0.430. The molecule has 2 fully saturated rings. The lowest BCUT2D eigenvalue weighted by atomic mass is 9.66. The van der Waals surface area contributed by atoms with Crippen LogP contribution in [0, 0.1) is 0 Å². The van der Waals surface area contributed by atoms with E-state index in [-0.39, 0.29) is 18.3 Å². The van der Waals surface area contributed by atoms with Crippen LogP contribution in [0.3, 0.4) is 0 Å². The van der Waals surface area contributed by atoms with E-state index in [1.54, 1.807) is 0 Å². The minimum absolute atomic E-state index is 0.0622. The SMILES string of the molecule is C[C@@H](B1OC(C)(C)C(C)(C)O1)C1CCN1. The Hall–Kier alpha value is -0.0551. The summed E-state index contributed by atoms with van der Waals surface area (Å²) in [5, 5.41) is 3.42. The quantitative estimate of drug-likeness (QED) is 0.707. The molecule has 1 N–H and O–H groups in total. The van der Waals surface area contributed by atoms with Gasteiger partial charge in [0.25, 0.3) is 0 Å². The summed E-state index contributed by atoms with van der Waals surface area (Å²) >= 11 is 0. The van der Waals surface area contributed by atoms with Gasteiger partial charge in [0.1, 0.15) is 0 Å². The van der Waals surface area contributed by atoms with Crippen LogP contribution in [0.5, 0.6) is 0 Å². The first-order valence-electron chi connectivity index (χ1n) is 5.92. The molecule has 0 bridgehead atoms. The fraction of sp³-hybridized carbons (Fsp3) is 1.00. The van der Waals surface area contributed by atoms with Crippen molar-refractivity contribution in [1.82, 2.24) is 5.32 Å². The minimum atomic E-state index is -0.199. The van der Waals surface area contributed by atoms with Crippen LogP contribution in [-0.4, -0.2) is 30.9 Å². The Morgan fingerprint density at radius 1 is 1.20 bits per heavy atom. The maximum atomic E-state index is 6.02. The summed E-state index contributed by atoms with van der Waals surface area (Å²) in [7, 11) is -0.0622. The van der Waals surface area contributed by atoms with Crippen LogP contribution in [0.4, 0.5) is 0 Å². The third-order valence-corrected chi connectivity index (χ3v) is 4.20. The van der Waals surface area contributed by atoms with Crippen LogP contribution in [-0.2, 0) is 9.31 Å². The van der Waals surface area contributed by atoms with Gasteiger partial charge in [0.15, 0.2) is 0 Å². The lowest BCUT2D eigenvalue weighted by Gasteiger charge is -2.34. The molecule has 0 saturated carbocycles. The van der Waals surface area contributed by atoms with E-state index < -0.39 is 0 Å². The van der Waals surface area contributed by atoms with Gasteiger partial charge >= 0.3 is 7.12 Å². The molecule has 2 heterocycles. The van der Waals surface area contributed by atoms with Crippen molar-refractivity contribution in [2.24, 2.45) is 0 Å². The van der Waals surface area contributed by atoms with Crippen molar-refractivity contribution in [1.29, 1.82) is 0 Å². The zero-order valence-electron chi connectivity index (χ0n) is 10.5. The summed E-state index contributed by atoms with van der Waals surface area (Å²) in [4.78, 5) is 0. The molecule has 0 aromatic rings. The first-order valence-corrected chi connectivity index (χ1v) is 5.92. The molecule has 4 heteroatoms. The van der Waals surface area contributed by atoms with Gasteiger partial charge in [0.05, 0.1) is 11.2 Å². The average molecular weight is 211 g/mol. The molecular formula is C11H22BNO2. The predicted octanol–water partition coefficient (Wildman–Crippen LogP) is 1.83. The molecule has 2 saturated heterocycles. The molecule has 0 spiro atoms. The standard InChI is InChI=1S/C11H22BNO2/c1-8(9-6-7-13-9)12-14-10(2,3)11(4,5)15-12/h8-9,13H,6-7H2,1-5H3/t8-,9?/m1/s1. The molecule has 3 nitrogen and oxygen atoms in total. The van der Waals surface area contributed by atoms with Gasteiger partial charge in [-0.05, 0) is 40.7 Å². The van der Waals surface area contributed by atoms with Crippen LogP contribution < -0.4 is 5.32 Å². The van der Waals surface area contributed by atoms with E-state index in [1.165, 1.54) is 6.42 Å². The summed E-state index contributed by atoms with van der Waals surface area (Å²) < 4.78 is 12.0. The largest absolute Gasteiger partial charge is 0.462 e. The van der Waals surface area contributed by atoms with Crippen LogP contribution in [0.15, 0.2) is 0 Å². The average Bonchev–Trinajstić information content (AvgIpc) is 2.17. The first-order chi connectivity index (χ1) is 6.83. The van der Waals surface area contributed by atoms with Crippen LogP contribution >= 0.6 is 0 Å². The van der Waals surface area contributed by atoms with Crippen LogP contribution in [0.25, 0.3) is 0 Å². The van der Waals surface area contributed by atoms with E-state index in [9.17, 15) is 0 Å². The zero-order valence-corrected chi connectivity index (χ0v) is 10.5. The summed E-state index contributed by atoms with van der Waals surface area (Å²) in [6, 6.07) is 0.569. The van der Waals surface area contributed by atoms with Crippen LogP contribution in [0.2, 0.25) is 5.82 Å². The van der Waals surface area contributed by atoms with E-state index in [4.69, 9.17) is 9.31 Å². The van der Waals surface area contributed by atoms with Crippen molar-refractivity contribution in [2.45, 2.75) is 64.1 Å². The summed E-state index contributed by atoms with van der Waals surface area (Å²) in [6.07, 6.45) is 1.24. The Balaban J connectivity index is 2.02. The van der Waals surface area contributed by atoms with E-state index in [2.05, 4.69) is 39.9 Å². The highest BCUT2D eigenvalue weighted by atomic mass is 16.7. The summed E-state index contributed by atoms with van der Waals surface area (Å²) in [6.45, 7) is 11.8. The van der Waals surface area contributed by atoms with Crippen molar-refractivity contribution in [2.75, 3.05) is 6.54 Å². The molecule has 2 rings (SSSR count). The van der Waals surface area contributed by atoms with Crippen molar-refractivity contribution >= 4 is 7.12 Å². The summed E-state index contributed by atoms with van der Waals surface area (Å²) in [5.41, 5.74) is -0.397. The third-order valence-electron chi connectivity index (χ3n) is 4.20. The second-order valence-electron chi connectivity index (χ2n) is 5.83. The fourth-order valence-corrected chi connectivity index (χ4v) is 2.05. The van der Waals surface area contributed by atoms with Gasteiger partial charge in [-0.3, -0.25) is 0 Å². The van der Waals surface area contributed by atoms with Gasteiger partial charge in [0, 0.05) is 11.9 Å². The predicted molar refractivity (Wildman–Crippen MR) is 61.9 cm³/mol. The van der Waals surface area contributed by atoms with Gasteiger partial charge in [-0.1, -0.05) is 6.92 Å². The van der Waals surface area contributed by atoms with Gasteiger partial charge in [0.2, 0.25) is 0 Å². The molecule has 0 aromatic heterocycles. The molecule has 0 aromatic carbocycles. The maximum absolute atomic E-state index is 6.02. The van der Waals surface area contributed by atoms with Gasteiger partial charge in [-0.25, -0.2) is 0 Å². The minimum Gasteiger partial charge on any atom is -0.403 e. The van der Waals surface area contributed by atoms with Gasteiger partial charge in [-0.15, -0.1) is 0 Å². The van der Waals surface area contributed by atoms with Crippen molar-refractivity contribution in [3.8, 4) is 0 Å². The Kier molecular flexibility index (Phi) is 2.65. The lowest BCUT2D eigenvalue weighted by molar-refractivity contribution is 0.00578. The molecule has 0 amide bonds. The Bertz CT molecular complexity index is 235. The zero-order chi connectivity index (χ0) is 11.3. The normalized spacial score (nSPS) is 35.0. The molecule has 2 aliphatic heterocycles. The Morgan fingerprint density at radius 2 is 1.67 bits per heavy atom. The van der Waals surface area contributed by atoms with Crippen LogP contribution in [0.1, 0.15) is 41.0 Å². The topological polar surface area (TPSA) is 30.5 Å². The fourth-order valence-electron chi connectivity index (χ4n) is 2.05. The smallest absolute Gasteiger partial charge is 0.403 e. The number of hydrogen-bond donors (Lipinski definition) is 1. The second kappa shape index (κ2) is 3.47. The third kappa shape index (κ3) is 1.83. The highest BCUT2D eigenvalue weighted by Gasteiger charge is 2.54. The van der Waals surface area contributed by atoms with Crippen molar-refractivity contribution in [3.63, 3.8) is 0 Å². The lowest BCUT2D eigenvalue weighted by Crippen LogP contribution is -2.49. The molecule has 0 radical (unpaired) electrons. The first kappa shape index (κ1) is 11.4. The molecular weight excluding hydrogens is 189 g/mol. The van der Waals surface area contributed by atoms with E-state index in [0.717, 1.165) is 6.54 Å². The van der Waals surface area contributed by atoms with Crippen molar-refractivity contribution < 1.29 is 9.31 Å². The van der Waals surface area contributed by atoms with Gasteiger partial charge in [-0.2, -0.15) is 0 Å². The highest BCUT2D eigenvalue weighted by Crippen LogP contribution is 2.41. The van der Waals surface area contributed by atoms with Crippen molar-refractivity contribution in [3.05, 3.63) is 0 Å². The van der Waals surface area contributed by atoms with E-state index in [0.29, 0.717) is 11.9 Å². The number of hydrogen-bond acceptors (Lipinski definition) is 3. The monoisotopic (exact) mass is 211 g/mol. The molecule has 2 atom stereocenters. The number of rotatable bonds is 2. The molecule has 0 aliphatic carbocycles. The molecule has 15 heavy (non-hydrogen) atoms. The van der Waals surface area contributed by atoms with E-state index in [1.807, 2.05) is 0 Å². The maximum Gasteiger partial charge on any atom is 0.462 e. The highest BCUT2D eigenvalue weighted by molar-refractivity contribution is 6.47. The van der Waals surface area contributed by atoms with E-state index >= 15 is 0 Å². The second-order valence-corrected chi connectivity index (χ2v) is 5.83. The molecule has 1 unspecified atom stereocenters.